The van der Waals surface area contributed by atoms with Crippen molar-refractivity contribution >= 4 is 23.2 Å². The van der Waals surface area contributed by atoms with E-state index in [-0.39, 0.29) is 18.4 Å². The van der Waals surface area contributed by atoms with E-state index in [1.54, 1.807) is 16.2 Å². The first-order valence-corrected chi connectivity index (χ1v) is 7.64. The van der Waals surface area contributed by atoms with Gasteiger partial charge < -0.3 is 10.2 Å². The molecule has 5 heteroatoms. The van der Waals surface area contributed by atoms with Crippen LogP contribution in [0.1, 0.15) is 40.4 Å². The molecule has 0 atom stereocenters. The molecule has 1 fully saturated rings. The van der Waals surface area contributed by atoms with Gasteiger partial charge in [0.2, 0.25) is 5.91 Å². The van der Waals surface area contributed by atoms with Gasteiger partial charge in [-0.15, -0.1) is 11.3 Å². The summed E-state index contributed by atoms with van der Waals surface area (Å²) < 4.78 is 0. The Morgan fingerprint density at radius 2 is 2.26 bits per heavy atom. The quantitative estimate of drug-likeness (QED) is 0.915. The highest BCUT2D eigenvalue weighted by molar-refractivity contribution is 7.14. The summed E-state index contributed by atoms with van der Waals surface area (Å²) in [6.45, 7) is 5.60. The molecule has 0 unspecified atom stereocenters. The summed E-state index contributed by atoms with van der Waals surface area (Å²) in [4.78, 5) is 27.5. The number of thiophene rings is 1. The highest BCUT2D eigenvalue weighted by Crippen LogP contribution is 2.25. The van der Waals surface area contributed by atoms with Crippen LogP contribution in [0.25, 0.3) is 0 Å². The van der Waals surface area contributed by atoms with Crippen LogP contribution in [0.15, 0.2) is 6.07 Å². The van der Waals surface area contributed by atoms with Crippen molar-refractivity contribution in [2.45, 2.75) is 33.1 Å². The van der Waals surface area contributed by atoms with E-state index in [1.807, 2.05) is 6.07 Å². The molecule has 0 aliphatic carbocycles. The molecule has 1 saturated heterocycles. The fraction of sp³-hybridized carbons (Fsp3) is 0.571. The summed E-state index contributed by atoms with van der Waals surface area (Å²) in [5.74, 6) is -0.0717. The van der Waals surface area contributed by atoms with Crippen molar-refractivity contribution in [1.29, 1.82) is 0 Å². The Morgan fingerprint density at radius 1 is 1.47 bits per heavy atom. The minimum absolute atomic E-state index is 0.00287. The smallest absolute Gasteiger partial charge is 0.264 e. The van der Waals surface area contributed by atoms with Crippen LogP contribution in [-0.4, -0.2) is 36.3 Å². The van der Waals surface area contributed by atoms with Gasteiger partial charge in [0.25, 0.3) is 5.91 Å². The Kier molecular flexibility index (Phi) is 4.58. The SMILES string of the molecule is CCCc1sc(C(=O)N2CCNC(=O)C2)cc1CC. The molecule has 19 heavy (non-hydrogen) atoms. The molecule has 1 N–H and O–H groups in total. The summed E-state index contributed by atoms with van der Waals surface area (Å²) in [5, 5.41) is 2.74. The van der Waals surface area contributed by atoms with Crippen LogP contribution in [0.2, 0.25) is 0 Å². The molecule has 0 radical (unpaired) electrons. The number of aryl methyl sites for hydroxylation is 2. The number of hydrogen-bond donors (Lipinski definition) is 1. The molecule has 0 bridgehead atoms. The third-order valence-electron chi connectivity index (χ3n) is 3.29. The van der Waals surface area contributed by atoms with Crippen LogP contribution in [-0.2, 0) is 17.6 Å². The predicted octanol–water partition coefficient (Wildman–Crippen LogP) is 1.83. The summed E-state index contributed by atoms with van der Waals surface area (Å²) in [6, 6.07) is 2.00. The van der Waals surface area contributed by atoms with E-state index in [0.29, 0.717) is 13.1 Å². The zero-order chi connectivity index (χ0) is 13.8. The maximum atomic E-state index is 12.4. The van der Waals surface area contributed by atoms with Gasteiger partial charge in [-0.2, -0.15) is 0 Å². The van der Waals surface area contributed by atoms with Crippen molar-refractivity contribution < 1.29 is 9.59 Å². The number of rotatable bonds is 4. The van der Waals surface area contributed by atoms with Crippen molar-refractivity contribution in [2.75, 3.05) is 19.6 Å². The van der Waals surface area contributed by atoms with Crippen molar-refractivity contribution in [3.8, 4) is 0 Å². The minimum atomic E-state index is -0.0688. The highest BCUT2D eigenvalue weighted by Gasteiger charge is 2.24. The second-order valence-electron chi connectivity index (χ2n) is 4.74. The van der Waals surface area contributed by atoms with E-state index in [0.717, 1.165) is 24.1 Å². The van der Waals surface area contributed by atoms with Crippen LogP contribution in [0, 0.1) is 0 Å². The lowest BCUT2D eigenvalue weighted by molar-refractivity contribution is -0.123. The molecule has 0 saturated carbocycles. The summed E-state index contributed by atoms with van der Waals surface area (Å²) in [6.07, 6.45) is 3.08. The van der Waals surface area contributed by atoms with E-state index in [1.165, 1.54) is 10.4 Å². The van der Waals surface area contributed by atoms with Gasteiger partial charge in [-0.05, 0) is 24.5 Å². The molecule has 1 aliphatic heterocycles. The third kappa shape index (κ3) is 3.15. The van der Waals surface area contributed by atoms with Crippen LogP contribution < -0.4 is 5.32 Å². The van der Waals surface area contributed by atoms with Crippen LogP contribution in [0.4, 0.5) is 0 Å². The van der Waals surface area contributed by atoms with Crippen LogP contribution >= 0.6 is 11.3 Å². The van der Waals surface area contributed by atoms with Crippen molar-refractivity contribution in [3.05, 3.63) is 21.4 Å². The lowest BCUT2D eigenvalue weighted by Gasteiger charge is -2.26. The highest BCUT2D eigenvalue weighted by atomic mass is 32.1. The monoisotopic (exact) mass is 280 g/mol. The van der Waals surface area contributed by atoms with Gasteiger partial charge in [-0.3, -0.25) is 9.59 Å². The molecule has 1 aromatic rings. The predicted molar refractivity (Wildman–Crippen MR) is 76.6 cm³/mol. The Hall–Kier alpha value is -1.36. The lowest BCUT2D eigenvalue weighted by Crippen LogP contribution is -2.49. The first-order valence-electron chi connectivity index (χ1n) is 6.83. The molecule has 2 amide bonds. The third-order valence-corrected chi connectivity index (χ3v) is 4.52. The van der Waals surface area contributed by atoms with E-state index in [2.05, 4.69) is 19.2 Å². The minimum Gasteiger partial charge on any atom is -0.353 e. The zero-order valence-electron chi connectivity index (χ0n) is 11.5. The van der Waals surface area contributed by atoms with E-state index >= 15 is 0 Å². The first-order chi connectivity index (χ1) is 9.15. The Balaban J connectivity index is 2.16. The van der Waals surface area contributed by atoms with Crippen LogP contribution in [0.5, 0.6) is 0 Å². The fourth-order valence-corrected chi connectivity index (χ4v) is 3.60. The fourth-order valence-electron chi connectivity index (χ4n) is 2.28. The average Bonchev–Trinajstić information content (AvgIpc) is 2.81. The van der Waals surface area contributed by atoms with Gasteiger partial charge in [-0.25, -0.2) is 0 Å². The summed E-state index contributed by atoms with van der Waals surface area (Å²) in [5.41, 5.74) is 1.27. The van der Waals surface area contributed by atoms with Crippen molar-refractivity contribution in [1.82, 2.24) is 10.2 Å². The van der Waals surface area contributed by atoms with Crippen molar-refractivity contribution in [2.24, 2.45) is 0 Å². The van der Waals surface area contributed by atoms with Gasteiger partial charge in [0.1, 0.15) is 0 Å². The molecule has 4 nitrogen and oxygen atoms in total. The maximum Gasteiger partial charge on any atom is 0.264 e. The van der Waals surface area contributed by atoms with Gasteiger partial charge in [0.05, 0.1) is 11.4 Å². The standard InChI is InChI=1S/C14H20N2O2S/c1-3-5-11-10(4-2)8-12(19-11)14(18)16-7-6-15-13(17)9-16/h8H,3-7,9H2,1-2H3,(H,15,17). The van der Waals surface area contributed by atoms with E-state index < -0.39 is 0 Å². The van der Waals surface area contributed by atoms with Gasteiger partial charge in [0, 0.05) is 18.0 Å². The second kappa shape index (κ2) is 6.19. The zero-order valence-corrected chi connectivity index (χ0v) is 12.3. The average molecular weight is 280 g/mol. The van der Waals surface area contributed by atoms with Gasteiger partial charge in [-0.1, -0.05) is 20.3 Å². The number of hydrogen-bond acceptors (Lipinski definition) is 3. The number of carbonyl (C=O) groups excluding carboxylic acids is 2. The number of piperazine rings is 1. The largest absolute Gasteiger partial charge is 0.353 e. The molecule has 1 aliphatic rings. The topological polar surface area (TPSA) is 49.4 Å². The molecule has 0 aromatic carbocycles. The summed E-state index contributed by atoms with van der Waals surface area (Å²) in [7, 11) is 0. The molecular formula is C14H20N2O2S. The second-order valence-corrected chi connectivity index (χ2v) is 5.88. The molecule has 104 valence electrons. The number of nitrogens with one attached hydrogen (secondary N) is 1. The number of nitrogens with zero attached hydrogens (tertiary/aromatic N) is 1. The summed E-state index contributed by atoms with van der Waals surface area (Å²) >= 11 is 1.59. The molecule has 0 spiro atoms. The molecule has 1 aromatic heterocycles. The maximum absolute atomic E-state index is 12.4. The molecule has 2 rings (SSSR count). The Labute approximate surface area is 117 Å². The normalized spacial score (nSPS) is 15.5. The Morgan fingerprint density at radius 3 is 2.89 bits per heavy atom. The Bertz CT molecular complexity index is 482. The van der Waals surface area contributed by atoms with E-state index in [4.69, 9.17) is 0 Å². The molecule has 2 heterocycles. The number of amides is 2. The van der Waals surface area contributed by atoms with Crippen LogP contribution in [0.3, 0.4) is 0 Å². The molecular weight excluding hydrogens is 260 g/mol. The van der Waals surface area contributed by atoms with E-state index in [9.17, 15) is 9.59 Å². The first kappa shape index (κ1) is 14.1. The number of carbonyl (C=O) groups is 2. The van der Waals surface area contributed by atoms with Crippen molar-refractivity contribution in [3.63, 3.8) is 0 Å². The van der Waals surface area contributed by atoms with Gasteiger partial charge >= 0.3 is 0 Å². The van der Waals surface area contributed by atoms with Gasteiger partial charge in [0.15, 0.2) is 0 Å². The lowest BCUT2D eigenvalue weighted by atomic mass is 10.1.